The number of oxazole rings is 1. The fourth-order valence-corrected chi connectivity index (χ4v) is 2.27. The van der Waals surface area contributed by atoms with Gasteiger partial charge in [-0.2, -0.15) is 0 Å². The largest absolute Gasteiger partial charge is 0.445 e. The average Bonchev–Trinajstić information content (AvgIpc) is 2.75. The van der Waals surface area contributed by atoms with Crippen LogP contribution < -0.4 is 0 Å². The van der Waals surface area contributed by atoms with Crippen LogP contribution in [0, 0.1) is 6.92 Å². The third-order valence-electron chi connectivity index (χ3n) is 3.17. The molecule has 1 fully saturated rings. The molecule has 0 amide bonds. The molecule has 0 saturated carbocycles. The predicted octanol–water partition coefficient (Wildman–Crippen LogP) is 0.108. The van der Waals surface area contributed by atoms with Crippen molar-refractivity contribution in [2.45, 2.75) is 19.6 Å². The van der Waals surface area contributed by atoms with Gasteiger partial charge in [0.25, 0.3) is 0 Å². The molecule has 1 aromatic rings. The number of hydrogen-bond donors (Lipinski definition) is 1. The Morgan fingerprint density at radius 2 is 2.21 bits per heavy atom. The van der Waals surface area contributed by atoms with E-state index in [4.69, 9.17) is 9.15 Å². The Labute approximate surface area is 114 Å². The standard InChI is InChI=1S/C13H23N3O3/c1-11-7-14-13(19-11)10-15(2)8-12(17)9-16-3-5-18-6-4-16/h7,12,17H,3-6,8-10H2,1-2H3. The first kappa shape index (κ1) is 14.5. The highest BCUT2D eigenvalue weighted by Crippen LogP contribution is 2.06. The van der Waals surface area contributed by atoms with Crippen LogP contribution in [0.5, 0.6) is 0 Å². The molecule has 108 valence electrons. The second-order valence-corrected chi connectivity index (χ2v) is 5.13. The summed E-state index contributed by atoms with van der Waals surface area (Å²) in [7, 11) is 1.96. The first-order valence-electron chi connectivity index (χ1n) is 6.71. The molecule has 1 aliphatic rings. The molecular weight excluding hydrogens is 246 g/mol. The van der Waals surface area contributed by atoms with Crippen LogP contribution in [0.4, 0.5) is 0 Å². The fraction of sp³-hybridized carbons (Fsp3) is 0.769. The summed E-state index contributed by atoms with van der Waals surface area (Å²) in [5.41, 5.74) is 0. The van der Waals surface area contributed by atoms with E-state index in [2.05, 4.69) is 9.88 Å². The van der Waals surface area contributed by atoms with Crippen molar-refractivity contribution in [1.29, 1.82) is 0 Å². The minimum absolute atomic E-state index is 0.362. The summed E-state index contributed by atoms with van der Waals surface area (Å²) in [4.78, 5) is 8.42. The number of β-amino-alcohol motifs (C(OH)–C–C–N with tert-alkyl or cyclic N) is 1. The van der Waals surface area contributed by atoms with Gasteiger partial charge in [0.2, 0.25) is 5.89 Å². The molecule has 2 heterocycles. The molecule has 1 aliphatic heterocycles. The molecular formula is C13H23N3O3. The maximum absolute atomic E-state index is 10.1. The minimum Gasteiger partial charge on any atom is -0.445 e. The highest BCUT2D eigenvalue weighted by Gasteiger charge is 2.16. The van der Waals surface area contributed by atoms with Crippen LogP contribution in [-0.2, 0) is 11.3 Å². The van der Waals surface area contributed by atoms with E-state index in [9.17, 15) is 5.11 Å². The topological polar surface area (TPSA) is 62.0 Å². The van der Waals surface area contributed by atoms with E-state index in [1.54, 1.807) is 6.20 Å². The van der Waals surface area contributed by atoms with Crippen LogP contribution in [0.25, 0.3) is 0 Å². The number of nitrogens with zero attached hydrogens (tertiary/aromatic N) is 3. The van der Waals surface area contributed by atoms with Crippen LogP contribution in [0.3, 0.4) is 0 Å². The average molecular weight is 269 g/mol. The van der Waals surface area contributed by atoms with Crippen LogP contribution in [0.1, 0.15) is 11.7 Å². The van der Waals surface area contributed by atoms with Crippen molar-refractivity contribution in [2.75, 3.05) is 46.4 Å². The number of hydrogen-bond acceptors (Lipinski definition) is 6. The van der Waals surface area contributed by atoms with E-state index in [1.807, 2.05) is 18.9 Å². The molecule has 19 heavy (non-hydrogen) atoms. The van der Waals surface area contributed by atoms with Crippen molar-refractivity contribution in [1.82, 2.24) is 14.8 Å². The Bertz CT molecular complexity index is 377. The molecule has 1 unspecified atom stereocenters. The zero-order valence-electron chi connectivity index (χ0n) is 11.7. The third-order valence-corrected chi connectivity index (χ3v) is 3.17. The molecule has 6 heteroatoms. The number of aryl methyl sites for hydroxylation is 1. The lowest BCUT2D eigenvalue weighted by atomic mass is 10.3. The molecule has 0 radical (unpaired) electrons. The molecule has 1 N–H and O–H groups in total. The van der Waals surface area contributed by atoms with E-state index in [1.165, 1.54) is 0 Å². The number of rotatable bonds is 6. The molecule has 1 atom stereocenters. The Kier molecular flexibility index (Phi) is 5.33. The van der Waals surface area contributed by atoms with Gasteiger partial charge in [-0.25, -0.2) is 4.98 Å². The summed E-state index contributed by atoms with van der Waals surface area (Å²) < 4.78 is 10.7. The summed E-state index contributed by atoms with van der Waals surface area (Å²) in [6.07, 6.45) is 1.35. The lowest BCUT2D eigenvalue weighted by molar-refractivity contribution is 0.00782. The first-order chi connectivity index (χ1) is 9.13. The van der Waals surface area contributed by atoms with E-state index in [0.29, 0.717) is 25.5 Å². The molecule has 0 spiro atoms. The molecule has 0 aliphatic carbocycles. The smallest absolute Gasteiger partial charge is 0.208 e. The SMILES string of the molecule is Cc1cnc(CN(C)CC(O)CN2CCOCC2)o1. The van der Waals surface area contributed by atoms with Gasteiger partial charge in [0.05, 0.1) is 32.1 Å². The van der Waals surface area contributed by atoms with E-state index in [-0.39, 0.29) is 6.10 Å². The lowest BCUT2D eigenvalue weighted by Gasteiger charge is -2.29. The van der Waals surface area contributed by atoms with Gasteiger partial charge in [-0.1, -0.05) is 0 Å². The predicted molar refractivity (Wildman–Crippen MR) is 70.8 cm³/mol. The van der Waals surface area contributed by atoms with Crippen LogP contribution in [0.2, 0.25) is 0 Å². The lowest BCUT2D eigenvalue weighted by Crippen LogP contribution is -2.43. The maximum Gasteiger partial charge on any atom is 0.208 e. The summed E-state index contributed by atoms with van der Waals surface area (Å²) in [5, 5.41) is 10.1. The van der Waals surface area contributed by atoms with Gasteiger partial charge >= 0.3 is 0 Å². The monoisotopic (exact) mass is 269 g/mol. The van der Waals surface area contributed by atoms with Crippen LogP contribution >= 0.6 is 0 Å². The van der Waals surface area contributed by atoms with E-state index in [0.717, 1.165) is 32.1 Å². The Morgan fingerprint density at radius 1 is 1.47 bits per heavy atom. The molecule has 1 saturated heterocycles. The summed E-state index contributed by atoms with van der Waals surface area (Å²) in [6.45, 7) is 7.13. The van der Waals surface area contributed by atoms with Gasteiger partial charge in [-0.15, -0.1) is 0 Å². The fourth-order valence-electron chi connectivity index (χ4n) is 2.27. The Morgan fingerprint density at radius 3 is 2.84 bits per heavy atom. The van der Waals surface area contributed by atoms with Crippen molar-refractivity contribution in [3.05, 3.63) is 17.8 Å². The second-order valence-electron chi connectivity index (χ2n) is 5.13. The number of aromatic nitrogens is 1. The van der Waals surface area contributed by atoms with Gasteiger partial charge in [0.1, 0.15) is 5.76 Å². The second kappa shape index (κ2) is 7.00. The number of aliphatic hydroxyl groups excluding tert-OH is 1. The van der Waals surface area contributed by atoms with Crippen molar-refractivity contribution in [3.8, 4) is 0 Å². The zero-order chi connectivity index (χ0) is 13.7. The Hall–Kier alpha value is -0.950. The summed E-state index contributed by atoms with van der Waals surface area (Å²) >= 11 is 0. The maximum atomic E-state index is 10.1. The normalized spacial score (nSPS) is 18.9. The van der Waals surface area contributed by atoms with Gasteiger partial charge in [-0.3, -0.25) is 9.80 Å². The van der Waals surface area contributed by atoms with Crippen LogP contribution in [0.15, 0.2) is 10.6 Å². The highest BCUT2D eigenvalue weighted by molar-refractivity contribution is 4.90. The number of morpholine rings is 1. The highest BCUT2D eigenvalue weighted by atomic mass is 16.5. The molecule has 2 rings (SSSR count). The van der Waals surface area contributed by atoms with Gasteiger partial charge in [-0.05, 0) is 14.0 Å². The van der Waals surface area contributed by atoms with Crippen LogP contribution in [-0.4, -0.2) is 72.4 Å². The van der Waals surface area contributed by atoms with E-state index >= 15 is 0 Å². The quantitative estimate of drug-likeness (QED) is 0.791. The minimum atomic E-state index is -0.362. The zero-order valence-corrected chi connectivity index (χ0v) is 11.7. The third kappa shape index (κ3) is 4.91. The van der Waals surface area contributed by atoms with Gasteiger partial charge < -0.3 is 14.3 Å². The summed E-state index contributed by atoms with van der Waals surface area (Å²) in [5.74, 6) is 1.51. The van der Waals surface area contributed by atoms with Gasteiger partial charge in [0.15, 0.2) is 0 Å². The molecule has 0 bridgehead atoms. The number of aliphatic hydroxyl groups is 1. The molecule has 6 nitrogen and oxygen atoms in total. The van der Waals surface area contributed by atoms with Gasteiger partial charge in [0, 0.05) is 26.2 Å². The number of ether oxygens (including phenoxy) is 1. The Balaban J connectivity index is 1.70. The molecule has 0 aromatic carbocycles. The van der Waals surface area contributed by atoms with E-state index < -0.39 is 0 Å². The van der Waals surface area contributed by atoms with Crippen molar-refractivity contribution in [3.63, 3.8) is 0 Å². The van der Waals surface area contributed by atoms with Crippen molar-refractivity contribution < 1.29 is 14.3 Å². The summed E-state index contributed by atoms with van der Waals surface area (Å²) in [6, 6.07) is 0. The molecule has 1 aromatic heterocycles. The van der Waals surface area contributed by atoms with Crippen molar-refractivity contribution >= 4 is 0 Å². The first-order valence-corrected chi connectivity index (χ1v) is 6.71. The van der Waals surface area contributed by atoms with Crippen molar-refractivity contribution in [2.24, 2.45) is 0 Å². The number of likely N-dealkylation sites (N-methyl/N-ethyl adjacent to an activating group) is 1.